The van der Waals surface area contributed by atoms with Crippen LogP contribution >= 0.6 is 23.1 Å². The highest BCUT2D eigenvalue weighted by Gasteiger charge is 2.23. The number of esters is 1. The summed E-state index contributed by atoms with van der Waals surface area (Å²) in [5, 5.41) is 14.2. The van der Waals surface area contributed by atoms with E-state index in [1.54, 1.807) is 17.5 Å². The molecule has 1 aliphatic carbocycles. The number of carbonyl (C=O) groups is 2. The van der Waals surface area contributed by atoms with E-state index in [4.69, 9.17) is 4.74 Å². The van der Waals surface area contributed by atoms with Crippen LogP contribution in [0.15, 0.2) is 34.8 Å². The lowest BCUT2D eigenvalue weighted by Gasteiger charge is -2.20. The van der Waals surface area contributed by atoms with Crippen molar-refractivity contribution >= 4 is 40.0 Å². The van der Waals surface area contributed by atoms with Gasteiger partial charge in [0, 0.05) is 24.4 Å². The normalized spacial score (nSPS) is 14.1. The van der Waals surface area contributed by atoms with Crippen molar-refractivity contribution in [1.29, 1.82) is 0 Å². The Kier molecular flexibility index (Phi) is 8.56. The summed E-state index contributed by atoms with van der Waals surface area (Å²) in [4.78, 5) is 25.2. The number of carbonyl (C=O) groups excluding carboxylic acids is 2. The van der Waals surface area contributed by atoms with Crippen LogP contribution in [0.5, 0.6) is 0 Å². The van der Waals surface area contributed by atoms with Gasteiger partial charge in [0.15, 0.2) is 5.16 Å². The van der Waals surface area contributed by atoms with Gasteiger partial charge < -0.3 is 14.6 Å². The predicted molar refractivity (Wildman–Crippen MR) is 136 cm³/mol. The number of thioether (sulfide) groups is 1. The zero-order valence-corrected chi connectivity index (χ0v) is 21.5. The molecule has 35 heavy (non-hydrogen) atoms. The van der Waals surface area contributed by atoms with E-state index >= 15 is 0 Å². The van der Waals surface area contributed by atoms with Crippen molar-refractivity contribution in [2.75, 3.05) is 18.2 Å². The monoisotopic (exact) mass is 516 g/mol. The van der Waals surface area contributed by atoms with Crippen molar-refractivity contribution in [1.82, 2.24) is 14.8 Å². The second kappa shape index (κ2) is 11.8. The molecule has 2 heterocycles. The molecule has 1 aromatic carbocycles. The van der Waals surface area contributed by atoms with E-state index in [1.807, 2.05) is 11.6 Å². The zero-order chi connectivity index (χ0) is 24.8. The van der Waals surface area contributed by atoms with Crippen LogP contribution in [-0.2, 0) is 23.0 Å². The molecule has 0 saturated heterocycles. The van der Waals surface area contributed by atoms with E-state index in [2.05, 4.69) is 15.5 Å². The molecule has 0 spiro atoms. The highest BCUT2D eigenvalue weighted by atomic mass is 32.2. The molecule has 10 heteroatoms. The van der Waals surface area contributed by atoms with Crippen molar-refractivity contribution in [3.05, 3.63) is 46.9 Å². The number of methoxy groups -OCH3 is 1. The number of aryl methyl sites for hydroxylation is 1. The molecule has 1 saturated carbocycles. The molecule has 0 bridgehead atoms. The topological polar surface area (TPSA) is 86.1 Å². The van der Waals surface area contributed by atoms with Gasteiger partial charge >= 0.3 is 5.97 Å². The number of halogens is 1. The van der Waals surface area contributed by atoms with Gasteiger partial charge in [-0.15, -0.1) is 21.5 Å². The van der Waals surface area contributed by atoms with Crippen LogP contribution in [0.3, 0.4) is 0 Å². The second-order valence-electron chi connectivity index (χ2n) is 8.69. The molecule has 186 valence electrons. The molecular weight excluding hydrogens is 487 g/mol. The first kappa shape index (κ1) is 25.4. The summed E-state index contributed by atoms with van der Waals surface area (Å²) in [6.45, 7) is 0. The average molecular weight is 517 g/mol. The van der Waals surface area contributed by atoms with Crippen LogP contribution in [0, 0.1) is 11.7 Å². The summed E-state index contributed by atoms with van der Waals surface area (Å²) >= 11 is 2.53. The van der Waals surface area contributed by atoms with Gasteiger partial charge in [-0.25, -0.2) is 9.18 Å². The van der Waals surface area contributed by atoms with Gasteiger partial charge in [0.2, 0.25) is 5.91 Å². The van der Waals surface area contributed by atoms with Crippen molar-refractivity contribution in [3.63, 3.8) is 0 Å². The number of aromatic nitrogens is 3. The third-order valence-electron chi connectivity index (χ3n) is 6.35. The predicted octanol–water partition coefficient (Wildman–Crippen LogP) is 5.71. The van der Waals surface area contributed by atoms with Crippen LogP contribution in [0.25, 0.3) is 11.1 Å². The number of thiophene rings is 1. The van der Waals surface area contributed by atoms with Gasteiger partial charge in [0.05, 0.1) is 12.9 Å². The van der Waals surface area contributed by atoms with Gasteiger partial charge in [-0.05, 0) is 30.0 Å². The Morgan fingerprint density at radius 3 is 2.66 bits per heavy atom. The minimum absolute atomic E-state index is 0.124. The second-order valence-corrected chi connectivity index (χ2v) is 10.5. The number of nitrogens with zero attached hydrogens (tertiary/aromatic N) is 3. The Labute approximate surface area is 212 Å². The fraction of sp³-hybridized carbons (Fsp3) is 0.440. The largest absolute Gasteiger partial charge is 0.465 e. The molecule has 2 aromatic heterocycles. The molecule has 1 N–H and O–H groups in total. The third kappa shape index (κ3) is 6.29. The van der Waals surface area contributed by atoms with Crippen LogP contribution in [0.2, 0.25) is 0 Å². The highest BCUT2D eigenvalue weighted by Crippen LogP contribution is 2.36. The van der Waals surface area contributed by atoms with Gasteiger partial charge in [-0.1, -0.05) is 56.0 Å². The lowest BCUT2D eigenvalue weighted by Crippen LogP contribution is -2.16. The number of hydrogen-bond acceptors (Lipinski definition) is 7. The van der Waals surface area contributed by atoms with E-state index < -0.39 is 5.97 Å². The van der Waals surface area contributed by atoms with Crippen LogP contribution < -0.4 is 5.32 Å². The molecule has 0 radical (unpaired) electrons. The van der Waals surface area contributed by atoms with Gasteiger partial charge in [0.1, 0.15) is 22.2 Å². The van der Waals surface area contributed by atoms with Crippen LogP contribution in [-0.4, -0.2) is 39.5 Å². The molecule has 7 nitrogen and oxygen atoms in total. The summed E-state index contributed by atoms with van der Waals surface area (Å²) in [5.41, 5.74) is 1.50. The Bertz CT molecular complexity index is 1170. The van der Waals surface area contributed by atoms with Gasteiger partial charge in [-0.2, -0.15) is 0 Å². The number of amides is 1. The maximum Gasteiger partial charge on any atom is 0.341 e. The maximum atomic E-state index is 13.3. The molecule has 1 aliphatic rings. The molecule has 1 fully saturated rings. The molecule has 0 atom stereocenters. The van der Waals surface area contributed by atoms with Gasteiger partial charge in [0.25, 0.3) is 0 Å². The molecule has 0 unspecified atom stereocenters. The third-order valence-corrected chi connectivity index (χ3v) is 8.26. The van der Waals surface area contributed by atoms with Crippen molar-refractivity contribution in [3.8, 4) is 11.1 Å². The van der Waals surface area contributed by atoms with E-state index in [9.17, 15) is 14.0 Å². The van der Waals surface area contributed by atoms with E-state index in [1.165, 1.54) is 74.4 Å². The standard InChI is InChI=1S/C25H29FN4O3S2/c1-30-20(13-8-16-6-4-3-5-7-16)28-29-25(30)35-15-21(31)27-23-22(24(32)33-2)19(14-34-23)17-9-11-18(26)12-10-17/h9-12,14,16H,3-8,13,15H2,1-2H3,(H,27,31). The molecule has 0 aliphatic heterocycles. The minimum Gasteiger partial charge on any atom is -0.465 e. The maximum absolute atomic E-state index is 13.3. The number of anilines is 1. The SMILES string of the molecule is COC(=O)c1c(-c2ccc(F)cc2)csc1NC(=O)CSc1nnc(CCC2CCCCC2)n1C. The number of benzene rings is 1. The molecule has 3 aromatic rings. The van der Waals surface area contributed by atoms with Crippen molar-refractivity contribution in [2.45, 2.75) is 50.1 Å². The number of hydrogen-bond donors (Lipinski definition) is 1. The first-order valence-corrected chi connectivity index (χ1v) is 13.6. The lowest BCUT2D eigenvalue weighted by atomic mass is 9.86. The Morgan fingerprint density at radius 1 is 1.20 bits per heavy atom. The molecule has 4 rings (SSSR count). The molecular formula is C25H29FN4O3S2. The Hall–Kier alpha value is -2.72. The van der Waals surface area contributed by atoms with Crippen LogP contribution in [0.1, 0.15) is 54.7 Å². The Balaban J connectivity index is 1.38. The van der Waals surface area contributed by atoms with E-state index in [0.717, 1.165) is 24.6 Å². The zero-order valence-electron chi connectivity index (χ0n) is 19.9. The first-order valence-electron chi connectivity index (χ1n) is 11.7. The van der Waals surface area contributed by atoms with Gasteiger partial charge in [-0.3, -0.25) is 4.79 Å². The summed E-state index contributed by atoms with van der Waals surface area (Å²) in [7, 11) is 3.22. The summed E-state index contributed by atoms with van der Waals surface area (Å²) in [5.74, 6) is 0.642. The summed E-state index contributed by atoms with van der Waals surface area (Å²) in [6, 6.07) is 5.83. The highest BCUT2D eigenvalue weighted by molar-refractivity contribution is 7.99. The van der Waals surface area contributed by atoms with Crippen molar-refractivity contribution in [2.24, 2.45) is 13.0 Å². The smallest absolute Gasteiger partial charge is 0.341 e. The first-order chi connectivity index (χ1) is 17.0. The fourth-order valence-electron chi connectivity index (χ4n) is 4.39. The van der Waals surface area contributed by atoms with Crippen LogP contribution in [0.4, 0.5) is 9.39 Å². The number of ether oxygens (including phenoxy) is 1. The molecule has 1 amide bonds. The number of rotatable bonds is 9. The average Bonchev–Trinajstić information content (AvgIpc) is 3.45. The van der Waals surface area contributed by atoms with E-state index in [0.29, 0.717) is 21.3 Å². The lowest BCUT2D eigenvalue weighted by molar-refractivity contribution is -0.113. The van der Waals surface area contributed by atoms with E-state index in [-0.39, 0.29) is 23.0 Å². The quantitative estimate of drug-likeness (QED) is 0.289. The summed E-state index contributed by atoms with van der Waals surface area (Å²) < 4.78 is 20.2. The minimum atomic E-state index is -0.565. The summed E-state index contributed by atoms with van der Waals surface area (Å²) in [6.07, 6.45) is 8.63. The van der Waals surface area contributed by atoms with Crippen molar-refractivity contribution < 1.29 is 18.7 Å². The number of nitrogens with one attached hydrogen (secondary N) is 1. The Morgan fingerprint density at radius 2 is 1.94 bits per heavy atom. The fourth-order valence-corrected chi connectivity index (χ4v) is 6.09.